The standard InChI is InChI=1S/C12H17NO2/c1-8-5-10(11(14)7-13-3)12(15-4)6-9(8)2/h5-6,13H,7H2,1-4H3. The van der Waals surface area contributed by atoms with Crippen LogP contribution < -0.4 is 10.1 Å². The van der Waals surface area contributed by atoms with Gasteiger partial charge < -0.3 is 10.1 Å². The van der Waals surface area contributed by atoms with Crippen LogP contribution in [0.3, 0.4) is 0 Å². The highest BCUT2D eigenvalue weighted by Crippen LogP contribution is 2.23. The van der Waals surface area contributed by atoms with Crippen LogP contribution in [0.5, 0.6) is 5.75 Å². The van der Waals surface area contributed by atoms with E-state index in [0.717, 1.165) is 11.1 Å². The number of hydrogen-bond donors (Lipinski definition) is 1. The fourth-order valence-electron chi connectivity index (χ4n) is 1.43. The Hall–Kier alpha value is -1.35. The molecule has 0 spiro atoms. The lowest BCUT2D eigenvalue weighted by Crippen LogP contribution is -2.19. The summed E-state index contributed by atoms with van der Waals surface area (Å²) >= 11 is 0. The molecule has 15 heavy (non-hydrogen) atoms. The molecule has 0 aliphatic rings. The van der Waals surface area contributed by atoms with E-state index < -0.39 is 0 Å². The normalized spacial score (nSPS) is 10.1. The summed E-state index contributed by atoms with van der Waals surface area (Å²) in [5, 5.41) is 2.85. The molecule has 0 heterocycles. The Labute approximate surface area is 90.4 Å². The average molecular weight is 207 g/mol. The van der Waals surface area contributed by atoms with Gasteiger partial charge in [-0.3, -0.25) is 4.79 Å². The Kier molecular flexibility index (Phi) is 3.86. The van der Waals surface area contributed by atoms with Crippen LogP contribution in [-0.2, 0) is 0 Å². The Balaban J connectivity index is 3.15. The van der Waals surface area contributed by atoms with Gasteiger partial charge >= 0.3 is 0 Å². The number of carbonyl (C=O) groups is 1. The highest BCUT2D eigenvalue weighted by Gasteiger charge is 2.12. The van der Waals surface area contributed by atoms with E-state index in [1.54, 1.807) is 14.2 Å². The molecule has 3 nitrogen and oxygen atoms in total. The second-order valence-corrected chi connectivity index (χ2v) is 3.59. The first-order valence-electron chi connectivity index (χ1n) is 4.93. The Morgan fingerprint density at radius 3 is 2.47 bits per heavy atom. The van der Waals surface area contributed by atoms with Gasteiger partial charge in [0.15, 0.2) is 5.78 Å². The molecule has 1 N–H and O–H groups in total. The molecule has 0 aliphatic heterocycles. The molecule has 0 aromatic heterocycles. The summed E-state index contributed by atoms with van der Waals surface area (Å²) in [5.74, 6) is 0.704. The van der Waals surface area contributed by atoms with Gasteiger partial charge in [0.25, 0.3) is 0 Å². The first-order valence-corrected chi connectivity index (χ1v) is 4.93. The zero-order valence-corrected chi connectivity index (χ0v) is 9.68. The third-order valence-corrected chi connectivity index (χ3v) is 2.45. The smallest absolute Gasteiger partial charge is 0.180 e. The Morgan fingerprint density at radius 1 is 1.33 bits per heavy atom. The number of carbonyl (C=O) groups excluding carboxylic acids is 1. The summed E-state index contributed by atoms with van der Waals surface area (Å²) in [6, 6.07) is 3.78. The molecule has 3 heteroatoms. The monoisotopic (exact) mass is 207 g/mol. The number of nitrogens with one attached hydrogen (secondary N) is 1. The zero-order chi connectivity index (χ0) is 11.4. The Bertz CT molecular complexity index is 372. The summed E-state index contributed by atoms with van der Waals surface area (Å²) in [7, 11) is 3.34. The lowest BCUT2D eigenvalue weighted by Gasteiger charge is -2.10. The van der Waals surface area contributed by atoms with Crippen LogP contribution in [0.2, 0.25) is 0 Å². The average Bonchev–Trinajstić information content (AvgIpc) is 2.21. The number of aryl methyl sites for hydroxylation is 2. The van der Waals surface area contributed by atoms with Crippen molar-refractivity contribution >= 4 is 5.78 Å². The molecular formula is C12H17NO2. The van der Waals surface area contributed by atoms with Crippen molar-refractivity contribution in [3.63, 3.8) is 0 Å². The molecule has 0 amide bonds. The summed E-state index contributed by atoms with van der Waals surface area (Å²) in [4.78, 5) is 11.7. The number of hydrogen-bond acceptors (Lipinski definition) is 3. The molecule has 0 bridgehead atoms. The fraction of sp³-hybridized carbons (Fsp3) is 0.417. The third kappa shape index (κ3) is 2.57. The van der Waals surface area contributed by atoms with Crippen LogP contribution in [0.4, 0.5) is 0 Å². The van der Waals surface area contributed by atoms with Gasteiger partial charge in [-0.05, 0) is 44.2 Å². The molecule has 0 aliphatic carbocycles. The van der Waals surface area contributed by atoms with Crippen molar-refractivity contribution in [3.8, 4) is 5.75 Å². The summed E-state index contributed by atoms with van der Waals surface area (Å²) in [6.45, 7) is 4.33. The molecule has 0 radical (unpaired) electrons. The van der Waals surface area contributed by atoms with E-state index in [1.807, 2.05) is 26.0 Å². The molecule has 1 rings (SSSR count). The van der Waals surface area contributed by atoms with E-state index in [-0.39, 0.29) is 5.78 Å². The molecule has 0 saturated heterocycles. The number of ether oxygens (including phenoxy) is 1. The topological polar surface area (TPSA) is 38.3 Å². The van der Waals surface area contributed by atoms with Gasteiger partial charge in [0.05, 0.1) is 19.2 Å². The van der Waals surface area contributed by atoms with Crippen LogP contribution in [-0.4, -0.2) is 26.5 Å². The molecule has 0 atom stereocenters. The van der Waals surface area contributed by atoms with Gasteiger partial charge in [-0.2, -0.15) is 0 Å². The predicted octanol–water partition coefficient (Wildman–Crippen LogP) is 1.71. The van der Waals surface area contributed by atoms with Crippen LogP contribution in [0.25, 0.3) is 0 Å². The number of Topliss-reactive ketones (excluding diaryl/α,β-unsaturated/α-hetero) is 1. The minimum absolute atomic E-state index is 0.0532. The SMILES string of the molecule is CNCC(=O)c1cc(C)c(C)cc1OC. The van der Waals surface area contributed by atoms with Gasteiger partial charge in [-0.15, -0.1) is 0 Å². The van der Waals surface area contributed by atoms with E-state index in [4.69, 9.17) is 4.74 Å². The maximum absolute atomic E-state index is 11.7. The summed E-state index contributed by atoms with van der Waals surface area (Å²) in [5.41, 5.74) is 2.89. The molecule has 1 aromatic rings. The number of benzene rings is 1. The molecule has 0 unspecified atom stereocenters. The predicted molar refractivity (Wildman–Crippen MR) is 60.7 cm³/mol. The van der Waals surface area contributed by atoms with Crippen LogP contribution in [0.1, 0.15) is 21.5 Å². The van der Waals surface area contributed by atoms with E-state index in [2.05, 4.69) is 5.32 Å². The maximum atomic E-state index is 11.7. The van der Waals surface area contributed by atoms with Crippen LogP contribution >= 0.6 is 0 Å². The highest BCUT2D eigenvalue weighted by atomic mass is 16.5. The van der Waals surface area contributed by atoms with Gasteiger partial charge in [-0.25, -0.2) is 0 Å². The second-order valence-electron chi connectivity index (χ2n) is 3.59. The van der Waals surface area contributed by atoms with Gasteiger partial charge in [0.2, 0.25) is 0 Å². The molecule has 1 aromatic carbocycles. The zero-order valence-electron chi connectivity index (χ0n) is 9.68. The Morgan fingerprint density at radius 2 is 1.93 bits per heavy atom. The summed E-state index contributed by atoms with van der Waals surface area (Å²) < 4.78 is 5.20. The first kappa shape index (κ1) is 11.7. The van der Waals surface area contributed by atoms with Crippen molar-refractivity contribution in [3.05, 3.63) is 28.8 Å². The maximum Gasteiger partial charge on any atom is 0.180 e. The molecule has 0 saturated carbocycles. The van der Waals surface area contributed by atoms with Crippen molar-refractivity contribution in [2.24, 2.45) is 0 Å². The van der Waals surface area contributed by atoms with E-state index in [9.17, 15) is 4.79 Å². The van der Waals surface area contributed by atoms with Gasteiger partial charge in [0, 0.05) is 0 Å². The van der Waals surface area contributed by atoms with E-state index >= 15 is 0 Å². The molecule has 82 valence electrons. The van der Waals surface area contributed by atoms with Crippen molar-refractivity contribution in [2.75, 3.05) is 20.7 Å². The molecule has 0 fully saturated rings. The third-order valence-electron chi connectivity index (χ3n) is 2.45. The lowest BCUT2D eigenvalue weighted by atomic mass is 10.0. The number of rotatable bonds is 4. The van der Waals surface area contributed by atoms with Crippen LogP contribution in [0.15, 0.2) is 12.1 Å². The van der Waals surface area contributed by atoms with E-state index in [1.165, 1.54) is 0 Å². The van der Waals surface area contributed by atoms with Crippen molar-refractivity contribution in [1.29, 1.82) is 0 Å². The van der Waals surface area contributed by atoms with Crippen LogP contribution in [0, 0.1) is 13.8 Å². The van der Waals surface area contributed by atoms with Crippen molar-refractivity contribution in [2.45, 2.75) is 13.8 Å². The quantitative estimate of drug-likeness (QED) is 0.764. The number of ketones is 1. The van der Waals surface area contributed by atoms with Gasteiger partial charge in [-0.1, -0.05) is 0 Å². The number of likely N-dealkylation sites (N-methyl/N-ethyl adjacent to an activating group) is 1. The highest BCUT2D eigenvalue weighted by molar-refractivity contribution is 6.00. The second kappa shape index (κ2) is 4.94. The lowest BCUT2D eigenvalue weighted by molar-refractivity contribution is 0.0990. The van der Waals surface area contributed by atoms with Crippen molar-refractivity contribution in [1.82, 2.24) is 5.32 Å². The largest absolute Gasteiger partial charge is 0.496 e. The minimum atomic E-state index is 0.0532. The molecular weight excluding hydrogens is 190 g/mol. The first-order chi connectivity index (χ1) is 7.10. The van der Waals surface area contributed by atoms with E-state index in [0.29, 0.717) is 17.9 Å². The summed E-state index contributed by atoms with van der Waals surface area (Å²) in [6.07, 6.45) is 0. The van der Waals surface area contributed by atoms with Crippen molar-refractivity contribution < 1.29 is 9.53 Å². The minimum Gasteiger partial charge on any atom is -0.496 e. The number of methoxy groups -OCH3 is 1. The fourth-order valence-corrected chi connectivity index (χ4v) is 1.43. The van der Waals surface area contributed by atoms with Gasteiger partial charge in [0.1, 0.15) is 5.75 Å².